The molecule has 106 valence electrons. The van der Waals surface area contributed by atoms with Crippen LogP contribution in [0.5, 0.6) is 11.5 Å². The van der Waals surface area contributed by atoms with Crippen molar-refractivity contribution in [2.24, 2.45) is 0 Å². The lowest BCUT2D eigenvalue weighted by molar-refractivity contribution is 0.103. The molecule has 3 nitrogen and oxygen atoms in total. The fourth-order valence-electron chi connectivity index (χ4n) is 2.08. The molecule has 0 aliphatic heterocycles. The number of hydrogen-bond donors (Lipinski definition) is 0. The summed E-state index contributed by atoms with van der Waals surface area (Å²) < 4.78 is 16.1. The third kappa shape index (κ3) is 2.79. The lowest BCUT2D eigenvalue weighted by Gasteiger charge is -2.29. The highest BCUT2D eigenvalue weighted by Gasteiger charge is 2.28. The molecule has 4 heteroatoms. The van der Waals surface area contributed by atoms with Crippen molar-refractivity contribution >= 4 is 9.24 Å². The van der Waals surface area contributed by atoms with Gasteiger partial charge >= 0.3 is 0 Å². The van der Waals surface area contributed by atoms with E-state index in [0.29, 0.717) is 0 Å². The van der Waals surface area contributed by atoms with E-state index in [1.807, 2.05) is 48.5 Å². The van der Waals surface area contributed by atoms with Crippen LogP contribution in [0.25, 0.3) is 0 Å². The van der Waals surface area contributed by atoms with Crippen LogP contribution in [0.15, 0.2) is 48.5 Å². The SMILES string of the molecule is COc1ccc(C(P)(OC)c2ccc(OC)cc2)cc1. The quantitative estimate of drug-likeness (QED) is 0.790. The highest BCUT2D eigenvalue weighted by molar-refractivity contribution is 7.18. The summed E-state index contributed by atoms with van der Waals surface area (Å²) in [6.45, 7) is 0. The molecule has 0 aliphatic rings. The summed E-state index contributed by atoms with van der Waals surface area (Å²) in [6, 6.07) is 15.7. The Morgan fingerprint density at radius 1 is 0.700 bits per heavy atom. The topological polar surface area (TPSA) is 27.7 Å². The van der Waals surface area contributed by atoms with E-state index in [1.165, 1.54) is 0 Å². The molecule has 20 heavy (non-hydrogen) atoms. The summed E-state index contributed by atoms with van der Waals surface area (Å²) in [5.41, 5.74) is 2.08. The maximum atomic E-state index is 5.74. The zero-order chi connectivity index (χ0) is 14.6. The van der Waals surface area contributed by atoms with Crippen LogP contribution in [0.2, 0.25) is 0 Å². The van der Waals surface area contributed by atoms with E-state index in [9.17, 15) is 0 Å². The van der Waals surface area contributed by atoms with Gasteiger partial charge in [-0.2, -0.15) is 0 Å². The molecular weight excluding hydrogens is 271 g/mol. The first-order valence-corrected chi connectivity index (χ1v) is 6.85. The molecule has 1 atom stereocenters. The molecule has 2 rings (SSSR count). The van der Waals surface area contributed by atoms with Crippen molar-refractivity contribution in [3.63, 3.8) is 0 Å². The van der Waals surface area contributed by atoms with Gasteiger partial charge in [-0.3, -0.25) is 0 Å². The van der Waals surface area contributed by atoms with Gasteiger partial charge in [0.15, 0.2) is 0 Å². The molecule has 2 aromatic rings. The highest BCUT2D eigenvalue weighted by Crippen LogP contribution is 2.40. The summed E-state index contributed by atoms with van der Waals surface area (Å²) in [5, 5.41) is -0.585. The molecule has 0 heterocycles. The van der Waals surface area contributed by atoms with Crippen LogP contribution in [0.1, 0.15) is 11.1 Å². The Morgan fingerprint density at radius 3 is 1.30 bits per heavy atom. The number of hydrogen-bond acceptors (Lipinski definition) is 3. The van der Waals surface area contributed by atoms with E-state index in [2.05, 4.69) is 9.24 Å². The second-order valence-corrected chi connectivity index (χ2v) is 5.21. The molecule has 0 bridgehead atoms. The fraction of sp³-hybridized carbons (Fsp3) is 0.250. The van der Waals surface area contributed by atoms with Crippen LogP contribution < -0.4 is 9.47 Å². The molecule has 0 saturated heterocycles. The van der Waals surface area contributed by atoms with Crippen LogP contribution in [-0.2, 0) is 10.1 Å². The smallest absolute Gasteiger partial charge is 0.130 e. The second kappa shape index (κ2) is 6.25. The molecule has 0 saturated carbocycles. The summed E-state index contributed by atoms with van der Waals surface area (Å²) in [7, 11) is 7.79. The van der Waals surface area contributed by atoms with Crippen molar-refractivity contribution in [1.82, 2.24) is 0 Å². The Hall–Kier alpha value is -1.57. The molecule has 0 spiro atoms. The van der Waals surface area contributed by atoms with Crippen molar-refractivity contribution in [2.75, 3.05) is 21.3 Å². The molecule has 2 aromatic carbocycles. The van der Waals surface area contributed by atoms with Gasteiger partial charge in [0.25, 0.3) is 0 Å². The van der Waals surface area contributed by atoms with Crippen molar-refractivity contribution in [2.45, 2.75) is 5.34 Å². The van der Waals surface area contributed by atoms with E-state index in [1.54, 1.807) is 21.3 Å². The molecule has 0 amide bonds. The predicted molar refractivity (Wildman–Crippen MR) is 83.5 cm³/mol. The second-order valence-electron chi connectivity index (χ2n) is 4.40. The molecule has 0 aromatic heterocycles. The minimum atomic E-state index is -0.585. The van der Waals surface area contributed by atoms with Crippen LogP contribution >= 0.6 is 9.24 Å². The molecule has 0 aliphatic carbocycles. The molecular formula is C16H19O3P. The number of methoxy groups -OCH3 is 3. The van der Waals surface area contributed by atoms with Gasteiger partial charge in [-0.05, 0) is 35.4 Å². The Morgan fingerprint density at radius 2 is 1.05 bits per heavy atom. The largest absolute Gasteiger partial charge is 0.497 e. The molecule has 0 N–H and O–H groups in total. The molecule has 0 fully saturated rings. The predicted octanol–water partition coefficient (Wildman–Crippen LogP) is 3.43. The third-order valence-corrected chi connectivity index (χ3v) is 4.26. The van der Waals surface area contributed by atoms with Gasteiger partial charge in [-0.1, -0.05) is 33.5 Å². The van der Waals surface area contributed by atoms with Gasteiger partial charge in [0.2, 0.25) is 0 Å². The van der Waals surface area contributed by atoms with Gasteiger partial charge in [-0.15, -0.1) is 0 Å². The van der Waals surface area contributed by atoms with Crippen molar-refractivity contribution in [3.8, 4) is 11.5 Å². The van der Waals surface area contributed by atoms with E-state index >= 15 is 0 Å². The average molecular weight is 290 g/mol. The van der Waals surface area contributed by atoms with E-state index in [4.69, 9.17) is 14.2 Å². The average Bonchev–Trinajstić information content (AvgIpc) is 2.54. The summed E-state index contributed by atoms with van der Waals surface area (Å²) in [6.07, 6.45) is 0. The van der Waals surface area contributed by atoms with E-state index in [0.717, 1.165) is 22.6 Å². The number of ether oxygens (including phenoxy) is 3. The molecule has 1 unspecified atom stereocenters. The van der Waals surface area contributed by atoms with Gasteiger partial charge in [0.05, 0.1) is 14.2 Å². The normalized spacial score (nSPS) is 11.2. The third-order valence-electron chi connectivity index (χ3n) is 3.36. The summed E-state index contributed by atoms with van der Waals surface area (Å²) in [4.78, 5) is 0. The Kier molecular flexibility index (Phi) is 4.64. The number of rotatable bonds is 5. The van der Waals surface area contributed by atoms with Gasteiger partial charge < -0.3 is 14.2 Å². The highest BCUT2D eigenvalue weighted by atomic mass is 31.0. The fourth-order valence-corrected chi connectivity index (χ4v) is 2.46. The maximum Gasteiger partial charge on any atom is 0.130 e. The maximum absolute atomic E-state index is 5.74. The zero-order valence-corrected chi connectivity index (χ0v) is 13.1. The zero-order valence-electron chi connectivity index (χ0n) is 11.9. The minimum absolute atomic E-state index is 0.585. The Labute approximate surface area is 122 Å². The molecule has 0 radical (unpaired) electrons. The summed E-state index contributed by atoms with van der Waals surface area (Å²) >= 11 is 0. The van der Waals surface area contributed by atoms with Crippen molar-refractivity contribution in [3.05, 3.63) is 59.7 Å². The summed E-state index contributed by atoms with van der Waals surface area (Å²) in [5.74, 6) is 1.65. The monoisotopic (exact) mass is 290 g/mol. The van der Waals surface area contributed by atoms with Crippen molar-refractivity contribution < 1.29 is 14.2 Å². The van der Waals surface area contributed by atoms with Gasteiger partial charge in [0.1, 0.15) is 16.8 Å². The number of benzene rings is 2. The van der Waals surface area contributed by atoms with Crippen LogP contribution in [0.3, 0.4) is 0 Å². The van der Waals surface area contributed by atoms with Crippen molar-refractivity contribution in [1.29, 1.82) is 0 Å². The standard InChI is InChI=1S/C16H19O3P/c1-17-14-8-4-12(5-9-14)16(20,19-3)13-6-10-15(18-2)11-7-13/h4-11H,20H2,1-3H3. The van der Waals surface area contributed by atoms with Gasteiger partial charge in [0, 0.05) is 7.11 Å². The van der Waals surface area contributed by atoms with Crippen LogP contribution in [0, 0.1) is 0 Å². The lowest BCUT2D eigenvalue weighted by atomic mass is 10.00. The van der Waals surface area contributed by atoms with Gasteiger partial charge in [-0.25, -0.2) is 0 Å². The first-order chi connectivity index (χ1) is 9.63. The van der Waals surface area contributed by atoms with E-state index < -0.39 is 5.34 Å². The van der Waals surface area contributed by atoms with Crippen LogP contribution in [0.4, 0.5) is 0 Å². The first kappa shape index (κ1) is 14.8. The Bertz CT molecular complexity index is 501. The van der Waals surface area contributed by atoms with E-state index in [-0.39, 0.29) is 0 Å². The lowest BCUT2D eigenvalue weighted by Crippen LogP contribution is -2.22. The van der Waals surface area contributed by atoms with Crippen LogP contribution in [-0.4, -0.2) is 21.3 Å². The first-order valence-electron chi connectivity index (χ1n) is 6.27. The Balaban J connectivity index is 2.39. The minimum Gasteiger partial charge on any atom is -0.497 e.